The molecule has 2 aromatic carbocycles. The molecular formula is C25H34N4O3. The third-order valence-electron chi connectivity index (χ3n) is 5.43. The number of hydrogen-bond donors (Lipinski definition) is 2. The molecule has 1 aliphatic rings. The lowest BCUT2D eigenvalue weighted by molar-refractivity contribution is -0.128. The zero-order chi connectivity index (χ0) is 22.8. The van der Waals surface area contributed by atoms with E-state index in [1.54, 1.807) is 14.2 Å². The molecule has 1 saturated heterocycles. The first-order chi connectivity index (χ1) is 15.6. The summed E-state index contributed by atoms with van der Waals surface area (Å²) in [6.07, 6.45) is 1.63. The molecule has 0 bridgehead atoms. The maximum Gasteiger partial charge on any atom is 0.222 e. The summed E-state index contributed by atoms with van der Waals surface area (Å²) < 4.78 is 11.0. The average Bonchev–Trinajstić information content (AvgIpc) is 3.19. The third kappa shape index (κ3) is 6.99. The highest BCUT2D eigenvalue weighted by atomic mass is 16.5. The van der Waals surface area contributed by atoms with Crippen molar-refractivity contribution in [2.75, 3.05) is 33.9 Å². The summed E-state index contributed by atoms with van der Waals surface area (Å²) in [5.41, 5.74) is 4.52. The van der Waals surface area contributed by atoms with Crippen LogP contribution in [0.1, 0.15) is 35.1 Å². The van der Waals surface area contributed by atoms with Crippen molar-refractivity contribution < 1.29 is 14.3 Å². The molecular weight excluding hydrogens is 404 g/mol. The van der Waals surface area contributed by atoms with Crippen LogP contribution < -0.4 is 15.4 Å². The van der Waals surface area contributed by atoms with E-state index in [9.17, 15) is 4.79 Å². The molecule has 7 nitrogen and oxygen atoms in total. The number of methoxy groups -OCH3 is 1. The van der Waals surface area contributed by atoms with E-state index in [1.807, 2.05) is 17.0 Å². The highest BCUT2D eigenvalue weighted by Crippen LogP contribution is 2.20. The topological polar surface area (TPSA) is 75.2 Å². The van der Waals surface area contributed by atoms with Gasteiger partial charge in [-0.2, -0.15) is 0 Å². The SMILES string of the molecule is CN=C(NCc1cccc(CN2CCCC2=O)c1)NCc1ccc(C)cc1OCCOC. The number of hydrogen-bond acceptors (Lipinski definition) is 4. The molecule has 32 heavy (non-hydrogen) atoms. The Bertz CT molecular complexity index is 929. The van der Waals surface area contributed by atoms with E-state index in [-0.39, 0.29) is 5.91 Å². The van der Waals surface area contributed by atoms with Crippen LogP contribution in [0.5, 0.6) is 5.75 Å². The van der Waals surface area contributed by atoms with Crippen LogP contribution in [-0.4, -0.2) is 50.7 Å². The van der Waals surface area contributed by atoms with Crippen LogP contribution in [0.3, 0.4) is 0 Å². The van der Waals surface area contributed by atoms with Gasteiger partial charge in [0.1, 0.15) is 12.4 Å². The van der Waals surface area contributed by atoms with Crippen LogP contribution >= 0.6 is 0 Å². The summed E-state index contributed by atoms with van der Waals surface area (Å²) in [6, 6.07) is 14.5. The number of aryl methyl sites for hydroxylation is 1. The number of carbonyl (C=O) groups is 1. The predicted molar refractivity (Wildman–Crippen MR) is 127 cm³/mol. The Morgan fingerprint density at radius 2 is 1.91 bits per heavy atom. The minimum Gasteiger partial charge on any atom is -0.491 e. The summed E-state index contributed by atoms with van der Waals surface area (Å²) >= 11 is 0. The van der Waals surface area contributed by atoms with E-state index < -0.39 is 0 Å². The Morgan fingerprint density at radius 3 is 2.66 bits per heavy atom. The monoisotopic (exact) mass is 438 g/mol. The number of likely N-dealkylation sites (tertiary alicyclic amines) is 1. The van der Waals surface area contributed by atoms with E-state index >= 15 is 0 Å². The maximum absolute atomic E-state index is 11.9. The van der Waals surface area contributed by atoms with Crippen molar-refractivity contribution in [3.8, 4) is 5.75 Å². The second-order valence-electron chi connectivity index (χ2n) is 7.97. The van der Waals surface area contributed by atoms with E-state index in [2.05, 4.69) is 52.9 Å². The van der Waals surface area contributed by atoms with Gasteiger partial charge < -0.3 is 25.0 Å². The van der Waals surface area contributed by atoms with Crippen molar-refractivity contribution in [2.24, 2.45) is 4.99 Å². The fourth-order valence-electron chi connectivity index (χ4n) is 3.69. The predicted octanol–water partition coefficient (Wildman–Crippen LogP) is 3.01. The van der Waals surface area contributed by atoms with E-state index in [1.165, 1.54) is 0 Å². The van der Waals surface area contributed by atoms with Gasteiger partial charge in [-0.1, -0.05) is 36.4 Å². The van der Waals surface area contributed by atoms with E-state index in [4.69, 9.17) is 9.47 Å². The Morgan fingerprint density at radius 1 is 1.09 bits per heavy atom. The van der Waals surface area contributed by atoms with Crippen LogP contribution in [0.2, 0.25) is 0 Å². The number of rotatable bonds is 10. The van der Waals surface area contributed by atoms with Crippen molar-refractivity contribution >= 4 is 11.9 Å². The number of carbonyl (C=O) groups excluding carboxylic acids is 1. The first-order valence-electron chi connectivity index (χ1n) is 11.1. The summed E-state index contributed by atoms with van der Waals surface area (Å²) in [7, 11) is 3.43. The Labute approximate surface area is 190 Å². The van der Waals surface area contributed by atoms with Crippen molar-refractivity contribution in [2.45, 2.75) is 39.4 Å². The summed E-state index contributed by atoms with van der Waals surface area (Å²) in [5, 5.41) is 6.73. The molecule has 0 radical (unpaired) electrons. The number of guanidine groups is 1. The highest BCUT2D eigenvalue weighted by molar-refractivity contribution is 5.79. The Kier molecular flexibility index (Phi) is 8.92. The molecule has 0 spiro atoms. The average molecular weight is 439 g/mol. The molecule has 0 atom stereocenters. The maximum atomic E-state index is 11.9. The standard InChI is InChI=1S/C25H34N4O3/c1-19-9-10-22(23(14-19)32-13-12-31-3)17-28-25(26-2)27-16-20-6-4-7-21(15-20)18-29-11-5-8-24(29)30/h4,6-7,9-10,14-15H,5,8,11-13,16-18H2,1-3H3,(H2,26,27,28). The van der Waals surface area contributed by atoms with Crippen LogP contribution in [0, 0.1) is 6.92 Å². The molecule has 7 heteroatoms. The summed E-state index contributed by atoms with van der Waals surface area (Å²) in [6.45, 7) is 5.89. The molecule has 3 rings (SSSR count). The van der Waals surface area contributed by atoms with Crippen LogP contribution in [0.4, 0.5) is 0 Å². The van der Waals surface area contributed by atoms with Crippen molar-refractivity contribution in [3.05, 3.63) is 64.7 Å². The lowest BCUT2D eigenvalue weighted by atomic mass is 10.1. The smallest absolute Gasteiger partial charge is 0.222 e. The van der Waals surface area contributed by atoms with Crippen LogP contribution in [0.15, 0.2) is 47.5 Å². The summed E-state index contributed by atoms with van der Waals surface area (Å²) in [4.78, 5) is 18.2. The van der Waals surface area contributed by atoms with Gasteiger partial charge in [0.05, 0.1) is 6.61 Å². The summed E-state index contributed by atoms with van der Waals surface area (Å²) in [5.74, 6) is 1.82. The number of ether oxygens (including phenoxy) is 2. The van der Waals surface area contributed by atoms with Gasteiger partial charge in [0.2, 0.25) is 5.91 Å². The molecule has 0 saturated carbocycles. The second-order valence-corrected chi connectivity index (χ2v) is 7.97. The molecule has 0 aromatic heterocycles. The largest absolute Gasteiger partial charge is 0.491 e. The number of amides is 1. The normalized spacial score (nSPS) is 14.0. The van der Waals surface area contributed by atoms with Gasteiger partial charge in [0, 0.05) is 52.3 Å². The van der Waals surface area contributed by atoms with Gasteiger partial charge in [0.25, 0.3) is 0 Å². The Balaban J connectivity index is 1.53. The van der Waals surface area contributed by atoms with Gasteiger partial charge in [-0.3, -0.25) is 9.79 Å². The fourth-order valence-corrected chi connectivity index (χ4v) is 3.69. The molecule has 1 heterocycles. The lowest BCUT2D eigenvalue weighted by Crippen LogP contribution is -2.36. The second kappa shape index (κ2) is 12.1. The van der Waals surface area contributed by atoms with Gasteiger partial charge in [-0.05, 0) is 36.1 Å². The van der Waals surface area contributed by atoms with Crippen molar-refractivity contribution in [3.63, 3.8) is 0 Å². The van der Waals surface area contributed by atoms with Gasteiger partial charge >= 0.3 is 0 Å². The third-order valence-corrected chi connectivity index (χ3v) is 5.43. The molecule has 0 aliphatic carbocycles. The number of nitrogens with zero attached hydrogens (tertiary/aromatic N) is 2. The van der Waals surface area contributed by atoms with Crippen LogP contribution in [0.25, 0.3) is 0 Å². The molecule has 1 amide bonds. The van der Waals surface area contributed by atoms with Gasteiger partial charge in [-0.25, -0.2) is 0 Å². The van der Waals surface area contributed by atoms with Gasteiger partial charge in [-0.15, -0.1) is 0 Å². The van der Waals surface area contributed by atoms with Crippen LogP contribution in [-0.2, 0) is 29.2 Å². The molecule has 1 fully saturated rings. The molecule has 1 aliphatic heterocycles. The molecule has 0 unspecified atom stereocenters. The number of benzene rings is 2. The Hall–Kier alpha value is -3.06. The fraction of sp³-hybridized carbons (Fsp3) is 0.440. The highest BCUT2D eigenvalue weighted by Gasteiger charge is 2.19. The van der Waals surface area contributed by atoms with E-state index in [0.29, 0.717) is 45.2 Å². The molecule has 2 aromatic rings. The van der Waals surface area contributed by atoms with Gasteiger partial charge in [0.15, 0.2) is 5.96 Å². The quantitative estimate of drug-likeness (QED) is 0.339. The first-order valence-corrected chi connectivity index (χ1v) is 11.1. The van der Waals surface area contributed by atoms with E-state index in [0.717, 1.165) is 41.0 Å². The number of nitrogens with one attached hydrogen (secondary N) is 2. The van der Waals surface area contributed by atoms with Crippen molar-refractivity contribution in [1.82, 2.24) is 15.5 Å². The zero-order valence-electron chi connectivity index (χ0n) is 19.3. The van der Waals surface area contributed by atoms with Crippen molar-refractivity contribution in [1.29, 1.82) is 0 Å². The molecule has 172 valence electrons. The first kappa shape index (κ1) is 23.6. The minimum atomic E-state index is 0.250. The lowest BCUT2D eigenvalue weighted by Gasteiger charge is -2.17. The zero-order valence-corrected chi connectivity index (χ0v) is 19.3. The number of aliphatic imine (C=N–C) groups is 1. The minimum absolute atomic E-state index is 0.250. The molecule has 2 N–H and O–H groups in total.